The molecule has 0 aromatic rings. The first-order chi connectivity index (χ1) is 10.9. The molecule has 0 spiro atoms. The molecule has 0 bridgehead atoms. The molecule has 4 rings (SSSR count). The molecule has 0 heterocycles. The van der Waals surface area contributed by atoms with Gasteiger partial charge in [-0.1, -0.05) is 13.8 Å². The molecule has 4 saturated carbocycles. The van der Waals surface area contributed by atoms with Crippen LogP contribution in [0, 0.1) is 51.8 Å². The molecule has 0 amide bonds. The molecule has 0 unspecified atom stereocenters. The van der Waals surface area contributed by atoms with Gasteiger partial charge in [-0.25, -0.2) is 0 Å². The molecule has 0 saturated heterocycles. The van der Waals surface area contributed by atoms with E-state index >= 15 is 0 Å². The molecule has 0 aliphatic heterocycles. The van der Waals surface area contributed by atoms with E-state index in [9.17, 15) is 14.9 Å². The van der Waals surface area contributed by atoms with Gasteiger partial charge >= 0.3 is 0 Å². The van der Waals surface area contributed by atoms with E-state index in [1.165, 1.54) is 6.42 Å². The minimum atomic E-state index is -0.395. The molecule has 7 atom stereocenters. The SMILES string of the molecule is C[C@]12C[C@@H](C#N)C(=O)C[C@@H]1CC[C@@H]1[C@@H]2CC[C@]2(C)C(=O)CC[C@@H]12. The Morgan fingerprint density at radius 1 is 1.09 bits per heavy atom. The van der Waals surface area contributed by atoms with Crippen molar-refractivity contribution in [3.8, 4) is 6.07 Å². The van der Waals surface area contributed by atoms with Crippen LogP contribution in [0.5, 0.6) is 0 Å². The quantitative estimate of drug-likeness (QED) is 0.681. The minimum Gasteiger partial charge on any atom is -0.299 e. The number of hydrogen-bond acceptors (Lipinski definition) is 3. The first-order valence-electron chi connectivity index (χ1n) is 9.36. The molecule has 4 fully saturated rings. The third-order valence-corrected chi connectivity index (χ3v) is 8.41. The fourth-order valence-corrected chi connectivity index (χ4v) is 7.02. The molecule has 124 valence electrons. The number of ketones is 2. The summed E-state index contributed by atoms with van der Waals surface area (Å²) in [6.07, 6.45) is 7.63. The largest absolute Gasteiger partial charge is 0.299 e. The Balaban J connectivity index is 1.66. The smallest absolute Gasteiger partial charge is 0.150 e. The lowest BCUT2D eigenvalue weighted by Gasteiger charge is -2.59. The first kappa shape index (κ1) is 15.4. The zero-order valence-corrected chi connectivity index (χ0v) is 14.3. The van der Waals surface area contributed by atoms with E-state index in [4.69, 9.17) is 0 Å². The van der Waals surface area contributed by atoms with Crippen LogP contribution in [-0.4, -0.2) is 11.6 Å². The second kappa shape index (κ2) is 4.91. The predicted octanol–water partition coefficient (Wildman–Crippen LogP) is 3.92. The lowest BCUT2D eigenvalue weighted by Crippen LogP contribution is -2.54. The Bertz CT molecular complexity index is 605. The van der Waals surface area contributed by atoms with Gasteiger partial charge in [0.05, 0.1) is 6.07 Å². The van der Waals surface area contributed by atoms with Gasteiger partial charge in [0, 0.05) is 18.3 Å². The van der Waals surface area contributed by atoms with Gasteiger partial charge in [-0.05, 0) is 67.6 Å². The zero-order chi connectivity index (χ0) is 16.4. The molecular formula is C20H27NO2. The Morgan fingerprint density at radius 3 is 2.61 bits per heavy atom. The van der Waals surface area contributed by atoms with Crippen LogP contribution < -0.4 is 0 Å². The molecule has 4 aliphatic carbocycles. The van der Waals surface area contributed by atoms with Crippen LogP contribution in [0.2, 0.25) is 0 Å². The van der Waals surface area contributed by atoms with Gasteiger partial charge < -0.3 is 0 Å². The first-order valence-corrected chi connectivity index (χ1v) is 9.36. The van der Waals surface area contributed by atoms with Crippen LogP contribution in [0.4, 0.5) is 0 Å². The molecule has 3 heteroatoms. The number of carbonyl (C=O) groups is 2. The summed E-state index contributed by atoms with van der Waals surface area (Å²) in [5.74, 6) is 2.51. The summed E-state index contributed by atoms with van der Waals surface area (Å²) in [5, 5.41) is 9.37. The lowest BCUT2D eigenvalue weighted by atomic mass is 9.44. The summed E-state index contributed by atoms with van der Waals surface area (Å²) in [5.41, 5.74) is 0.0493. The monoisotopic (exact) mass is 313 g/mol. The highest BCUT2D eigenvalue weighted by molar-refractivity contribution is 5.87. The normalized spacial score (nSPS) is 52.3. The zero-order valence-electron chi connectivity index (χ0n) is 14.3. The molecule has 23 heavy (non-hydrogen) atoms. The van der Waals surface area contributed by atoms with Crippen LogP contribution in [0.25, 0.3) is 0 Å². The molecule has 3 nitrogen and oxygen atoms in total. The maximum Gasteiger partial charge on any atom is 0.150 e. The number of Topliss-reactive ketones (excluding diaryl/α,β-unsaturated/α-hetero) is 2. The van der Waals surface area contributed by atoms with Gasteiger partial charge in [-0.2, -0.15) is 5.26 Å². The van der Waals surface area contributed by atoms with Crippen LogP contribution in [0.3, 0.4) is 0 Å². The Hall–Kier alpha value is -1.17. The standard InChI is InChI=1S/C20H27NO2/c1-19-8-7-16-14(15(19)5-6-18(19)23)4-3-13-9-17(22)12(11-21)10-20(13,16)2/h12-16H,3-10H2,1-2H3/t12-,13-,14-,15-,16-,19-,20-/m0/s1. The number of rotatable bonds is 0. The van der Waals surface area contributed by atoms with Gasteiger partial charge in [0.2, 0.25) is 0 Å². The number of fused-ring (bicyclic) bond motifs is 5. The van der Waals surface area contributed by atoms with E-state index in [1.807, 2.05) is 0 Å². The Kier molecular flexibility index (Phi) is 3.28. The Morgan fingerprint density at radius 2 is 1.87 bits per heavy atom. The third kappa shape index (κ3) is 1.93. The predicted molar refractivity (Wildman–Crippen MR) is 86.2 cm³/mol. The summed E-state index contributed by atoms with van der Waals surface area (Å²) in [4.78, 5) is 24.6. The minimum absolute atomic E-state index is 0.0799. The van der Waals surface area contributed by atoms with E-state index in [2.05, 4.69) is 19.9 Å². The van der Waals surface area contributed by atoms with Gasteiger partial charge in [0.1, 0.15) is 17.5 Å². The van der Waals surface area contributed by atoms with Crippen molar-refractivity contribution in [1.29, 1.82) is 5.26 Å². The van der Waals surface area contributed by atoms with Gasteiger partial charge in [-0.15, -0.1) is 0 Å². The molecule has 4 aliphatic rings. The number of nitriles is 1. The third-order valence-electron chi connectivity index (χ3n) is 8.41. The van der Waals surface area contributed by atoms with Crippen LogP contribution in [0.15, 0.2) is 0 Å². The van der Waals surface area contributed by atoms with Crippen molar-refractivity contribution >= 4 is 11.6 Å². The van der Waals surface area contributed by atoms with Gasteiger partial charge in [-0.3, -0.25) is 9.59 Å². The summed E-state index contributed by atoms with van der Waals surface area (Å²) in [6.45, 7) is 4.56. The van der Waals surface area contributed by atoms with Crippen molar-refractivity contribution in [2.24, 2.45) is 40.4 Å². The molecule has 0 aromatic carbocycles. The molecule has 0 N–H and O–H groups in total. The Labute approximate surface area is 138 Å². The van der Waals surface area contributed by atoms with Crippen molar-refractivity contribution < 1.29 is 9.59 Å². The topological polar surface area (TPSA) is 57.9 Å². The van der Waals surface area contributed by atoms with Gasteiger partial charge in [0.15, 0.2) is 0 Å². The van der Waals surface area contributed by atoms with Crippen LogP contribution >= 0.6 is 0 Å². The number of nitrogens with zero attached hydrogens (tertiary/aromatic N) is 1. The van der Waals surface area contributed by atoms with Crippen LogP contribution in [0.1, 0.15) is 65.2 Å². The second-order valence-electron chi connectivity index (χ2n) is 9.13. The second-order valence-corrected chi connectivity index (χ2v) is 9.13. The maximum absolute atomic E-state index is 12.4. The van der Waals surface area contributed by atoms with Crippen molar-refractivity contribution in [2.75, 3.05) is 0 Å². The van der Waals surface area contributed by atoms with Crippen molar-refractivity contribution in [3.63, 3.8) is 0 Å². The van der Waals surface area contributed by atoms with Crippen molar-refractivity contribution in [2.45, 2.75) is 65.2 Å². The summed E-state index contributed by atoms with van der Waals surface area (Å²) < 4.78 is 0. The van der Waals surface area contributed by atoms with E-state index in [0.717, 1.165) is 38.5 Å². The maximum atomic E-state index is 12.4. The van der Waals surface area contributed by atoms with Crippen molar-refractivity contribution in [1.82, 2.24) is 0 Å². The highest BCUT2D eigenvalue weighted by atomic mass is 16.1. The fraction of sp³-hybridized carbons (Fsp3) is 0.850. The summed E-state index contributed by atoms with van der Waals surface area (Å²) in [6, 6.07) is 2.26. The van der Waals surface area contributed by atoms with Crippen molar-refractivity contribution in [3.05, 3.63) is 0 Å². The molecule has 0 aromatic heterocycles. The van der Waals surface area contributed by atoms with E-state index in [0.29, 0.717) is 35.9 Å². The average Bonchev–Trinajstić information content (AvgIpc) is 2.83. The highest BCUT2D eigenvalue weighted by Crippen LogP contribution is 2.65. The summed E-state index contributed by atoms with van der Waals surface area (Å²) in [7, 11) is 0. The molecule has 0 radical (unpaired) electrons. The van der Waals surface area contributed by atoms with Crippen LogP contribution in [-0.2, 0) is 9.59 Å². The fourth-order valence-electron chi connectivity index (χ4n) is 7.02. The highest BCUT2D eigenvalue weighted by Gasteiger charge is 2.61. The van der Waals surface area contributed by atoms with E-state index in [1.54, 1.807) is 0 Å². The molecular weight excluding hydrogens is 286 g/mol. The summed E-state index contributed by atoms with van der Waals surface area (Å²) >= 11 is 0. The van der Waals surface area contributed by atoms with E-state index < -0.39 is 5.92 Å². The average molecular weight is 313 g/mol. The van der Waals surface area contributed by atoms with Gasteiger partial charge in [0.25, 0.3) is 0 Å². The number of carbonyl (C=O) groups excluding carboxylic acids is 2. The van der Waals surface area contributed by atoms with E-state index in [-0.39, 0.29) is 16.6 Å². The lowest BCUT2D eigenvalue weighted by molar-refractivity contribution is -0.147. The number of hydrogen-bond donors (Lipinski definition) is 0.